The Morgan fingerprint density at radius 1 is 1.31 bits per heavy atom. The van der Waals surface area contributed by atoms with E-state index in [-0.39, 0.29) is 16.9 Å². The third kappa shape index (κ3) is 0.971. The third-order valence-electron chi connectivity index (χ3n) is 5.96. The zero-order valence-electron chi connectivity index (χ0n) is 11.0. The van der Waals surface area contributed by atoms with Gasteiger partial charge in [-0.15, -0.1) is 0 Å². The Bertz CT molecular complexity index is 354. The van der Waals surface area contributed by atoms with Crippen molar-refractivity contribution in [2.45, 2.75) is 53.1 Å². The van der Waals surface area contributed by atoms with Crippen LogP contribution in [0.25, 0.3) is 0 Å². The monoisotopic (exact) mass is 220 g/mol. The molecule has 3 aliphatic carbocycles. The minimum Gasteiger partial charge on any atom is -0.392 e. The summed E-state index contributed by atoms with van der Waals surface area (Å²) in [5.41, 5.74) is 1.87. The molecule has 2 fully saturated rings. The van der Waals surface area contributed by atoms with E-state index in [1.807, 2.05) is 0 Å². The van der Waals surface area contributed by atoms with Crippen LogP contribution >= 0.6 is 0 Å². The molecule has 16 heavy (non-hydrogen) atoms. The van der Waals surface area contributed by atoms with Crippen LogP contribution in [-0.2, 0) is 0 Å². The van der Waals surface area contributed by atoms with Gasteiger partial charge in [0.15, 0.2) is 0 Å². The first kappa shape index (κ1) is 10.8. The van der Waals surface area contributed by atoms with Gasteiger partial charge in [0, 0.05) is 5.41 Å². The van der Waals surface area contributed by atoms with E-state index in [0.29, 0.717) is 17.8 Å². The molecule has 1 N–H and O–H groups in total. The van der Waals surface area contributed by atoms with Crippen molar-refractivity contribution in [1.82, 2.24) is 0 Å². The van der Waals surface area contributed by atoms with Gasteiger partial charge in [-0.1, -0.05) is 32.4 Å². The predicted octanol–water partition coefficient (Wildman–Crippen LogP) is 3.39. The minimum absolute atomic E-state index is 0.110. The summed E-state index contributed by atoms with van der Waals surface area (Å²) in [5, 5.41) is 10.8. The van der Waals surface area contributed by atoms with Crippen LogP contribution in [0.3, 0.4) is 0 Å². The maximum Gasteiger partial charge on any atom is 0.0661 e. The van der Waals surface area contributed by atoms with Crippen LogP contribution in [0.15, 0.2) is 11.6 Å². The lowest BCUT2D eigenvalue weighted by molar-refractivity contribution is -0.0481. The molecule has 0 unspecified atom stereocenters. The average Bonchev–Trinajstić information content (AvgIpc) is 2.71. The molecule has 0 aromatic heterocycles. The number of aliphatic hydroxyl groups excluding tert-OH is 1. The Hall–Kier alpha value is -0.300. The number of aliphatic hydroxyl groups is 1. The summed E-state index contributed by atoms with van der Waals surface area (Å²) in [5.74, 6) is 2.00. The molecule has 1 heteroatoms. The largest absolute Gasteiger partial charge is 0.392 e. The molecule has 0 amide bonds. The molecule has 0 aromatic carbocycles. The number of hydrogen-bond acceptors (Lipinski definition) is 1. The SMILES string of the molecule is CC1=C[C@@H]2CC(C)(C)[C@H](O)[C@@]23[C@H](C)CC[C@@H]13. The first-order valence-corrected chi connectivity index (χ1v) is 6.77. The molecule has 90 valence electrons. The van der Waals surface area contributed by atoms with Crippen molar-refractivity contribution >= 4 is 0 Å². The van der Waals surface area contributed by atoms with Crippen LogP contribution in [-0.4, -0.2) is 11.2 Å². The van der Waals surface area contributed by atoms with E-state index in [0.717, 1.165) is 0 Å². The van der Waals surface area contributed by atoms with Crippen molar-refractivity contribution in [2.75, 3.05) is 0 Å². The van der Waals surface area contributed by atoms with Crippen molar-refractivity contribution in [3.63, 3.8) is 0 Å². The van der Waals surface area contributed by atoms with E-state index in [1.165, 1.54) is 19.3 Å². The Morgan fingerprint density at radius 2 is 2.00 bits per heavy atom. The van der Waals surface area contributed by atoms with Crippen molar-refractivity contribution in [3.8, 4) is 0 Å². The zero-order valence-corrected chi connectivity index (χ0v) is 11.0. The van der Waals surface area contributed by atoms with Crippen LogP contribution in [0.1, 0.15) is 47.0 Å². The fourth-order valence-corrected chi connectivity index (χ4v) is 5.34. The first-order valence-electron chi connectivity index (χ1n) is 6.77. The fourth-order valence-electron chi connectivity index (χ4n) is 5.34. The third-order valence-corrected chi connectivity index (χ3v) is 5.96. The molecular formula is C15H24O. The lowest BCUT2D eigenvalue weighted by Crippen LogP contribution is -2.44. The van der Waals surface area contributed by atoms with Gasteiger partial charge < -0.3 is 5.11 Å². The Morgan fingerprint density at radius 3 is 2.69 bits per heavy atom. The summed E-state index contributed by atoms with van der Waals surface area (Å²) < 4.78 is 0. The number of allylic oxidation sites excluding steroid dienone is 2. The highest BCUT2D eigenvalue weighted by Gasteiger charge is 2.67. The van der Waals surface area contributed by atoms with Gasteiger partial charge in [0.1, 0.15) is 0 Å². The second-order valence-corrected chi connectivity index (χ2v) is 7.14. The highest BCUT2D eigenvalue weighted by atomic mass is 16.3. The van der Waals surface area contributed by atoms with Gasteiger partial charge in [0.2, 0.25) is 0 Å². The molecule has 0 saturated heterocycles. The van der Waals surface area contributed by atoms with Crippen molar-refractivity contribution in [3.05, 3.63) is 11.6 Å². The molecule has 5 atom stereocenters. The fraction of sp³-hybridized carbons (Fsp3) is 0.867. The molecule has 0 aliphatic heterocycles. The summed E-state index contributed by atoms with van der Waals surface area (Å²) in [6.07, 6.45) is 6.15. The van der Waals surface area contributed by atoms with Gasteiger partial charge >= 0.3 is 0 Å². The molecule has 3 rings (SSSR count). The van der Waals surface area contributed by atoms with E-state index < -0.39 is 0 Å². The van der Waals surface area contributed by atoms with E-state index >= 15 is 0 Å². The van der Waals surface area contributed by atoms with Crippen molar-refractivity contribution < 1.29 is 5.11 Å². The molecule has 0 aromatic rings. The zero-order chi connectivity index (χ0) is 11.7. The van der Waals surface area contributed by atoms with E-state index in [1.54, 1.807) is 5.57 Å². The number of rotatable bonds is 0. The van der Waals surface area contributed by atoms with Crippen LogP contribution < -0.4 is 0 Å². The first-order chi connectivity index (χ1) is 7.40. The van der Waals surface area contributed by atoms with Crippen LogP contribution in [0.5, 0.6) is 0 Å². The summed E-state index contributed by atoms with van der Waals surface area (Å²) in [7, 11) is 0. The molecule has 0 bridgehead atoms. The van der Waals surface area contributed by atoms with Crippen LogP contribution in [0, 0.1) is 28.6 Å². The molecule has 0 radical (unpaired) electrons. The Balaban J connectivity index is 2.12. The van der Waals surface area contributed by atoms with E-state index in [4.69, 9.17) is 0 Å². The lowest BCUT2D eigenvalue weighted by Gasteiger charge is -2.41. The van der Waals surface area contributed by atoms with E-state index in [9.17, 15) is 5.11 Å². The van der Waals surface area contributed by atoms with Gasteiger partial charge in [0.05, 0.1) is 6.10 Å². The van der Waals surface area contributed by atoms with Gasteiger partial charge in [-0.3, -0.25) is 0 Å². The summed E-state index contributed by atoms with van der Waals surface area (Å²) in [4.78, 5) is 0. The smallest absolute Gasteiger partial charge is 0.0661 e. The molecular weight excluding hydrogens is 196 g/mol. The quantitative estimate of drug-likeness (QED) is 0.620. The van der Waals surface area contributed by atoms with Gasteiger partial charge in [-0.25, -0.2) is 0 Å². The van der Waals surface area contributed by atoms with Crippen molar-refractivity contribution in [1.29, 1.82) is 0 Å². The van der Waals surface area contributed by atoms with Crippen molar-refractivity contribution in [2.24, 2.45) is 28.6 Å². The van der Waals surface area contributed by atoms with Crippen LogP contribution in [0.4, 0.5) is 0 Å². The molecule has 3 aliphatic rings. The standard InChI is InChI=1S/C15H24O/c1-9-7-11-8-14(3,4)13(16)15(11)10(2)5-6-12(9)15/h7,10-13,16H,5-6,8H2,1-4H3/t10-,11-,12+,13+,15+/m1/s1. The minimum atomic E-state index is -0.110. The Kier molecular flexibility index (Phi) is 1.98. The second kappa shape index (κ2) is 2.93. The van der Waals surface area contributed by atoms with Gasteiger partial charge in [-0.05, 0) is 49.4 Å². The highest BCUT2D eigenvalue weighted by molar-refractivity contribution is 5.31. The maximum atomic E-state index is 10.8. The predicted molar refractivity (Wildman–Crippen MR) is 66.0 cm³/mol. The van der Waals surface area contributed by atoms with E-state index in [2.05, 4.69) is 33.8 Å². The normalized spacial score (nSPS) is 53.7. The van der Waals surface area contributed by atoms with Crippen LogP contribution in [0.2, 0.25) is 0 Å². The topological polar surface area (TPSA) is 20.2 Å². The van der Waals surface area contributed by atoms with Gasteiger partial charge in [-0.2, -0.15) is 0 Å². The maximum absolute atomic E-state index is 10.8. The number of hydrogen-bond donors (Lipinski definition) is 1. The second-order valence-electron chi connectivity index (χ2n) is 7.14. The Labute approximate surface area is 98.9 Å². The summed E-state index contributed by atoms with van der Waals surface area (Å²) in [6.45, 7) is 9.14. The highest BCUT2D eigenvalue weighted by Crippen LogP contribution is 2.69. The molecule has 0 heterocycles. The average molecular weight is 220 g/mol. The van der Waals surface area contributed by atoms with Gasteiger partial charge in [0.25, 0.3) is 0 Å². The molecule has 1 spiro atoms. The summed E-state index contributed by atoms with van der Waals surface area (Å²) >= 11 is 0. The molecule has 2 saturated carbocycles. The summed E-state index contributed by atoms with van der Waals surface area (Å²) in [6, 6.07) is 0. The molecule has 1 nitrogen and oxygen atoms in total. The lowest BCUT2D eigenvalue weighted by atomic mass is 9.65.